The van der Waals surface area contributed by atoms with Crippen LogP contribution in [0.1, 0.15) is 47.0 Å². The van der Waals surface area contributed by atoms with Gasteiger partial charge < -0.3 is 15.3 Å². The van der Waals surface area contributed by atoms with Gasteiger partial charge >= 0.3 is 12.0 Å². The predicted molar refractivity (Wildman–Crippen MR) is 88.9 cm³/mol. The number of urea groups is 1. The van der Waals surface area contributed by atoms with E-state index >= 15 is 0 Å². The predicted octanol–water partition coefficient (Wildman–Crippen LogP) is 3.05. The van der Waals surface area contributed by atoms with Gasteiger partial charge in [-0.05, 0) is 37.2 Å². The average molecular weight is 318 g/mol. The minimum atomic E-state index is -0.966. The number of hydrogen-bond acceptors (Lipinski definition) is 3. The molecular formula is C15H30N2O3S. The van der Waals surface area contributed by atoms with Crippen LogP contribution >= 0.6 is 11.8 Å². The minimum absolute atomic E-state index is 0.155. The van der Waals surface area contributed by atoms with Gasteiger partial charge in [-0.25, -0.2) is 9.59 Å². The molecule has 0 radical (unpaired) electrons. The molecule has 6 heteroatoms. The fraction of sp³-hybridized carbons (Fsp3) is 0.867. The molecule has 124 valence electrons. The quantitative estimate of drug-likeness (QED) is 0.649. The Morgan fingerprint density at radius 3 is 2.19 bits per heavy atom. The molecule has 0 aromatic carbocycles. The van der Waals surface area contributed by atoms with Gasteiger partial charge in [0.1, 0.15) is 6.04 Å². The number of nitrogens with zero attached hydrogens (tertiary/aromatic N) is 1. The second-order valence-electron chi connectivity index (χ2n) is 5.64. The van der Waals surface area contributed by atoms with Crippen LogP contribution in [0.15, 0.2) is 0 Å². The van der Waals surface area contributed by atoms with Gasteiger partial charge in [0.25, 0.3) is 0 Å². The SMILES string of the molecule is CCC(CC)N(CC(C)C)C(=O)N[C@H](CCSC)C(=O)O. The topological polar surface area (TPSA) is 69.6 Å². The molecule has 0 saturated carbocycles. The fourth-order valence-electron chi connectivity index (χ4n) is 2.25. The number of carboxylic acids is 1. The Morgan fingerprint density at radius 1 is 1.24 bits per heavy atom. The molecule has 0 saturated heterocycles. The van der Waals surface area contributed by atoms with Crippen molar-refractivity contribution >= 4 is 23.8 Å². The number of carbonyl (C=O) groups excluding carboxylic acids is 1. The van der Waals surface area contributed by atoms with Gasteiger partial charge in [0.15, 0.2) is 0 Å². The van der Waals surface area contributed by atoms with Gasteiger partial charge in [0.05, 0.1) is 0 Å². The zero-order chi connectivity index (χ0) is 16.4. The maximum atomic E-state index is 12.5. The Morgan fingerprint density at radius 2 is 1.81 bits per heavy atom. The molecule has 0 bridgehead atoms. The van der Waals surface area contributed by atoms with E-state index in [1.54, 1.807) is 16.7 Å². The van der Waals surface area contributed by atoms with Crippen LogP contribution in [0, 0.1) is 5.92 Å². The van der Waals surface area contributed by atoms with Crippen molar-refractivity contribution in [3.8, 4) is 0 Å². The maximum Gasteiger partial charge on any atom is 0.326 e. The minimum Gasteiger partial charge on any atom is -0.480 e. The highest BCUT2D eigenvalue weighted by Gasteiger charge is 2.26. The molecule has 0 aliphatic rings. The molecule has 0 fully saturated rings. The summed E-state index contributed by atoms with van der Waals surface area (Å²) in [6.07, 6.45) is 4.12. The van der Waals surface area contributed by atoms with Crippen LogP contribution in [0.3, 0.4) is 0 Å². The van der Waals surface area contributed by atoms with E-state index in [0.717, 1.165) is 12.8 Å². The standard InChI is InChI=1S/C15H30N2O3S/c1-6-12(7-2)17(10-11(3)4)15(20)16-13(14(18)19)8-9-21-5/h11-13H,6-10H2,1-5H3,(H,16,20)(H,18,19)/t13-/m1/s1. The van der Waals surface area contributed by atoms with Crippen molar-refractivity contribution < 1.29 is 14.7 Å². The monoisotopic (exact) mass is 318 g/mol. The summed E-state index contributed by atoms with van der Waals surface area (Å²) in [6.45, 7) is 8.87. The molecule has 0 aliphatic heterocycles. The Hall–Kier alpha value is -0.910. The van der Waals surface area contributed by atoms with Gasteiger partial charge in [0, 0.05) is 12.6 Å². The summed E-state index contributed by atoms with van der Waals surface area (Å²) in [4.78, 5) is 25.5. The van der Waals surface area contributed by atoms with Crippen LogP contribution in [0.5, 0.6) is 0 Å². The van der Waals surface area contributed by atoms with E-state index in [1.807, 2.05) is 6.26 Å². The third-order valence-corrected chi connectivity index (χ3v) is 4.06. The Balaban J connectivity index is 4.87. The summed E-state index contributed by atoms with van der Waals surface area (Å²) in [5, 5.41) is 11.9. The molecule has 0 aromatic heterocycles. The van der Waals surface area contributed by atoms with E-state index < -0.39 is 12.0 Å². The first-order valence-electron chi connectivity index (χ1n) is 7.66. The lowest BCUT2D eigenvalue weighted by atomic mass is 10.1. The highest BCUT2D eigenvalue weighted by Crippen LogP contribution is 2.12. The number of aliphatic carboxylic acids is 1. The first-order valence-corrected chi connectivity index (χ1v) is 9.05. The Bertz CT molecular complexity index is 320. The highest BCUT2D eigenvalue weighted by atomic mass is 32.2. The Labute approximate surface area is 132 Å². The van der Waals surface area contributed by atoms with Crippen LogP contribution in [0.4, 0.5) is 4.79 Å². The molecule has 0 unspecified atom stereocenters. The normalized spacial score (nSPS) is 12.5. The zero-order valence-corrected chi connectivity index (χ0v) is 14.7. The van der Waals surface area contributed by atoms with Crippen LogP contribution in [0.2, 0.25) is 0 Å². The van der Waals surface area contributed by atoms with Gasteiger partial charge in [-0.3, -0.25) is 0 Å². The number of thioether (sulfide) groups is 1. The van der Waals surface area contributed by atoms with E-state index in [2.05, 4.69) is 33.0 Å². The van der Waals surface area contributed by atoms with Crippen molar-refractivity contribution in [2.75, 3.05) is 18.6 Å². The van der Waals surface area contributed by atoms with Crippen LogP contribution in [0.25, 0.3) is 0 Å². The Kier molecular flexibility index (Phi) is 10.3. The summed E-state index contributed by atoms with van der Waals surface area (Å²) in [7, 11) is 0. The third kappa shape index (κ3) is 7.60. The smallest absolute Gasteiger partial charge is 0.326 e. The van der Waals surface area contributed by atoms with E-state index in [0.29, 0.717) is 24.6 Å². The summed E-state index contributed by atoms with van der Waals surface area (Å²) < 4.78 is 0. The molecule has 0 aliphatic carbocycles. The van der Waals surface area contributed by atoms with Crippen molar-refractivity contribution in [3.05, 3.63) is 0 Å². The van der Waals surface area contributed by atoms with Crippen molar-refractivity contribution in [2.24, 2.45) is 5.92 Å². The van der Waals surface area contributed by atoms with Gasteiger partial charge in [0.2, 0.25) is 0 Å². The van der Waals surface area contributed by atoms with Crippen molar-refractivity contribution in [1.82, 2.24) is 10.2 Å². The summed E-state index contributed by atoms with van der Waals surface area (Å²) in [5.74, 6) is 0.101. The van der Waals surface area contributed by atoms with Crippen LogP contribution in [-0.2, 0) is 4.79 Å². The molecule has 1 atom stereocenters. The first kappa shape index (κ1) is 20.1. The van der Waals surface area contributed by atoms with Gasteiger partial charge in [-0.1, -0.05) is 27.7 Å². The van der Waals surface area contributed by atoms with Crippen molar-refractivity contribution in [3.63, 3.8) is 0 Å². The van der Waals surface area contributed by atoms with Gasteiger partial charge in [-0.15, -0.1) is 0 Å². The number of rotatable bonds is 10. The molecule has 21 heavy (non-hydrogen) atoms. The second-order valence-corrected chi connectivity index (χ2v) is 6.62. The number of nitrogens with one attached hydrogen (secondary N) is 1. The van der Waals surface area contributed by atoms with Gasteiger partial charge in [-0.2, -0.15) is 11.8 Å². The lowest BCUT2D eigenvalue weighted by molar-refractivity contribution is -0.139. The number of hydrogen-bond donors (Lipinski definition) is 2. The molecule has 2 N–H and O–H groups in total. The molecule has 0 spiro atoms. The molecule has 2 amide bonds. The highest BCUT2D eigenvalue weighted by molar-refractivity contribution is 7.98. The van der Waals surface area contributed by atoms with E-state index in [4.69, 9.17) is 0 Å². The largest absolute Gasteiger partial charge is 0.480 e. The second kappa shape index (κ2) is 10.8. The molecule has 0 rings (SSSR count). The van der Waals surface area contributed by atoms with E-state index in [9.17, 15) is 14.7 Å². The lowest BCUT2D eigenvalue weighted by Crippen LogP contribution is -2.52. The zero-order valence-electron chi connectivity index (χ0n) is 13.9. The van der Waals surface area contributed by atoms with E-state index in [1.165, 1.54) is 0 Å². The van der Waals surface area contributed by atoms with Crippen LogP contribution < -0.4 is 5.32 Å². The van der Waals surface area contributed by atoms with Crippen LogP contribution in [-0.4, -0.2) is 52.6 Å². The summed E-state index contributed by atoms with van der Waals surface area (Å²) >= 11 is 1.58. The van der Waals surface area contributed by atoms with Crippen molar-refractivity contribution in [1.29, 1.82) is 0 Å². The summed E-state index contributed by atoms with van der Waals surface area (Å²) in [6, 6.07) is -0.915. The molecule has 0 aromatic rings. The lowest BCUT2D eigenvalue weighted by Gasteiger charge is -2.33. The molecule has 5 nitrogen and oxygen atoms in total. The maximum absolute atomic E-state index is 12.5. The summed E-state index contributed by atoms with van der Waals surface area (Å²) in [5.41, 5.74) is 0. The molecule has 0 heterocycles. The van der Waals surface area contributed by atoms with Crippen molar-refractivity contribution in [2.45, 2.75) is 59.0 Å². The number of carbonyl (C=O) groups is 2. The molecular weight excluding hydrogens is 288 g/mol. The average Bonchev–Trinajstić information content (AvgIpc) is 2.42. The third-order valence-electron chi connectivity index (χ3n) is 3.41. The number of amides is 2. The number of carboxylic acid groups (broad SMARTS) is 1. The first-order chi connectivity index (χ1) is 9.87. The van der Waals surface area contributed by atoms with E-state index in [-0.39, 0.29) is 12.1 Å². The fourth-order valence-corrected chi connectivity index (χ4v) is 2.72.